The summed E-state index contributed by atoms with van der Waals surface area (Å²) in [5.74, 6) is 0.989. The molecular formula is C13H20N6OS. The summed E-state index contributed by atoms with van der Waals surface area (Å²) in [4.78, 5) is 20.9. The topological polar surface area (TPSA) is 97.9 Å². The van der Waals surface area contributed by atoms with E-state index < -0.39 is 0 Å². The van der Waals surface area contributed by atoms with Crippen LogP contribution < -0.4 is 16.4 Å². The van der Waals surface area contributed by atoms with Gasteiger partial charge in [0.1, 0.15) is 16.5 Å². The SMILES string of the molecule is CC(C)Nc1nc(N)c(C(=O)NCCc2nccn2C)s1. The van der Waals surface area contributed by atoms with E-state index in [0.29, 0.717) is 23.0 Å². The summed E-state index contributed by atoms with van der Waals surface area (Å²) in [6.07, 6.45) is 4.29. The summed E-state index contributed by atoms with van der Waals surface area (Å²) < 4.78 is 1.93. The Balaban J connectivity index is 1.91. The summed E-state index contributed by atoms with van der Waals surface area (Å²) in [7, 11) is 1.93. The number of nitrogens with two attached hydrogens (primary N) is 1. The first-order chi connectivity index (χ1) is 9.97. The molecule has 0 saturated carbocycles. The van der Waals surface area contributed by atoms with Crippen LogP contribution in [0.2, 0.25) is 0 Å². The van der Waals surface area contributed by atoms with Crippen molar-refractivity contribution in [2.75, 3.05) is 17.6 Å². The number of hydrogen-bond donors (Lipinski definition) is 3. The molecule has 0 spiro atoms. The smallest absolute Gasteiger partial charge is 0.265 e. The van der Waals surface area contributed by atoms with E-state index in [-0.39, 0.29) is 17.8 Å². The lowest BCUT2D eigenvalue weighted by Gasteiger charge is -2.05. The van der Waals surface area contributed by atoms with Crippen LogP contribution >= 0.6 is 11.3 Å². The van der Waals surface area contributed by atoms with E-state index in [4.69, 9.17) is 5.73 Å². The van der Waals surface area contributed by atoms with Crippen LogP contribution in [0.3, 0.4) is 0 Å². The highest BCUT2D eigenvalue weighted by Gasteiger charge is 2.16. The minimum atomic E-state index is -0.198. The van der Waals surface area contributed by atoms with E-state index >= 15 is 0 Å². The molecule has 0 aromatic carbocycles. The van der Waals surface area contributed by atoms with Gasteiger partial charge in [-0.2, -0.15) is 0 Å². The van der Waals surface area contributed by atoms with Crippen molar-refractivity contribution in [3.05, 3.63) is 23.1 Å². The molecule has 2 aromatic heterocycles. The van der Waals surface area contributed by atoms with Crippen molar-refractivity contribution >= 4 is 28.2 Å². The molecule has 4 N–H and O–H groups in total. The van der Waals surface area contributed by atoms with Gasteiger partial charge >= 0.3 is 0 Å². The van der Waals surface area contributed by atoms with Crippen molar-refractivity contribution in [1.82, 2.24) is 19.9 Å². The van der Waals surface area contributed by atoms with Crippen LogP contribution in [-0.2, 0) is 13.5 Å². The zero-order chi connectivity index (χ0) is 15.4. The summed E-state index contributed by atoms with van der Waals surface area (Å²) in [5, 5.41) is 6.65. The second kappa shape index (κ2) is 6.57. The van der Waals surface area contributed by atoms with Gasteiger partial charge in [-0.05, 0) is 13.8 Å². The van der Waals surface area contributed by atoms with Crippen molar-refractivity contribution < 1.29 is 4.79 Å². The lowest BCUT2D eigenvalue weighted by atomic mass is 10.4. The molecule has 0 saturated heterocycles. The molecule has 0 aliphatic carbocycles. The van der Waals surface area contributed by atoms with E-state index in [1.165, 1.54) is 11.3 Å². The molecule has 114 valence electrons. The van der Waals surface area contributed by atoms with Crippen LogP contribution in [0.4, 0.5) is 10.9 Å². The molecule has 1 amide bonds. The Morgan fingerprint density at radius 2 is 2.29 bits per heavy atom. The molecule has 0 fully saturated rings. The molecule has 0 aliphatic heterocycles. The molecule has 0 atom stereocenters. The summed E-state index contributed by atoms with van der Waals surface area (Å²) >= 11 is 1.27. The van der Waals surface area contributed by atoms with Crippen LogP contribution in [0.25, 0.3) is 0 Å². The van der Waals surface area contributed by atoms with Crippen LogP contribution in [0.1, 0.15) is 29.3 Å². The van der Waals surface area contributed by atoms with Gasteiger partial charge in [0.25, 0.3) is 5.91 Å². The largest absolute Gasteiger partial charge is 0.382 e. The van der Waals surface area contributed by atoms with Gasteiger partial charge in [-0.3, -0.25) is 4.79 Å². The number of nitrogens with zero attached hydrogens (tertiary/aromatic N) is 3. The molecule has 2 rings (SSSR count). The number of amides is 1. The maximum Gasteiger partial charge on any atom is 0.265 e. The number of imidazole rings is 1. The van der Waals surface area contributed by atoms with Crippen molar-refractivity contribution in [3.8, 4) is 0 Å². The molecule has 0 radical (unpaired) electrons. The van der Waals surface area contributed by atoms with Gasteiger partial charge in [0.15, 0.2) is 5.13 Å². The summed E-state index contributed by atoms with van der Waals surface area (Å²) in [5.41, 5.74) is 5.79. The highest BCUT2D eigenvalue weighted by molar-refractivity contribution is 7.18. The van der Waals surface area contributed by atoms with Crippen LogP contribution in [0.15, 0.2) is 12.4 Å². The minimum absolute atomic E-state index is 0.198. The zero-order valence-corrected chi connectivity index (χ0v) is 13.2. The Bertz CT molecular complexity index is 618. The van der Waals surface area contributed by atoms with Crippen molar-refractivity contribution in [3.63, 3.8) is 0 Å². The number of nitrogens with one attached hydrogen (secondary N) is 2. The van der Waals surface area contributed by atoms with Gasteiger partial charge in [0, 0.05) is 38.4 Å². The van der Waals surface area contributed by atoms with Gasteiger partial charge in [-0.15, -0.1) is 0 Å². The number of aryl methyl sites for hydroxylation is 1. The monoisotopic (exact) mass is 308 g/mol. The normalized spacial score (nSPS) is 10.9. The Morgan fingerprint density at radius 1 is 1.52 bits per heavy atom. The van der Waals surface area contributed by atoms with E-state index in [2.05, 4.69) is 20.6 Å². The van der Waals surface area contributed by atoms with Crippen LogP contribution in [0.5, 0.6) is 0 Å². The van der Waals surface area contributed by atoms with Gasteiger partial charge < -0.3 is 20.9 Å². The number of rotatable bonds is 6. The predicted octanol–water partition coefficient (Wildman–Crippen LogP) is 1.25. The summed E-state index contributed by atoms with van der Waals surface area (Å²) in [6.45, 7) is 4.52. The van der Waals surface area contributed by atoms with Crippen molar-refractivity contribution in [2.45, 2.75) is 26.3 Å². The minimum Gasteiger partial charge on any atom is -0.382 e. The predicted molar refractivity (Wildman–Crippen MR) is 84.5 cm³/mol. The molecular weight excluding hydrogens is 288 g/mol. The average Bonchev–Trinajstić information content (AvgIpc) is 2.95. The first-order valence-electron chi connectivity index (χ1n) is 6.74. The van der Waals surface area contributed by atoms with E-state index in [1.807, 2.05) is 31.7 Å². The summed E-state index contributed by atoms with van der Waals surface area (Å²) in [6, 6.07) is 0.245. The number of thiazole rings is 1. The third-order valence-electron chi connectivity index (χ3n) is 2.83. The highest BCUT2D eigenvalue weighted by Crippen LogP contribution is 2.25. The first kappa shape index (κ1) is 15.3. The number of carbonyl (C=O) groups is 1. The van der Waals surface area contributed by atoms with E-state index in [0.717, 1.165) is 5.82 Å². The van der Waals surface area contributed by atoms with E-state index in [1.54, 1.807) is 6.20 Å². The number of anilines is 2. The Hall–Kier alpha value is -2.09. The molecule has 7 nitrogen and oxygen atoms in total. The molecule has 0 unspecified atom stereocenters. The quantitative estimate of drug-likeness (QED) is 0.746. The van der Waals surface area contributed by atoms with Gasteiger partial charge in [0.05, 0.1) is 0 Å². The van der Waals surface area contributed by atoms with Gasteiger partial charge in [0.2, 0.25) is 0 Å². The number of nitrogen functional groups attached to an aromatic ring is 1. The van der Waals surface area contributed by atoms with Crippen molar-refractivity contribution in [1.29, 1.82) is 0 Å². The Morgan fingerprint density at radius 3 is 2.90 bits per heavy atom. The first-order valence-corrected chi connectivity index (χ1v) is 7.56. The third-order valence-corrected chi connectivity index (χ3v) is 3.83. The highest BCUT2D eigenvalue weighted by atomic mass is 32.1. The third kappa shape index (κ3) is 3.94. The second-order valence-corrected chi connectivity index (χ2v) is 5.99. The van der Waals surface area contributed by atoms with E-state index in [9.17, 15) is 4.79 Å². The molecule has 0 aliphatic rings. The molecule has 21 heavy (non-hydrogen) atoms. The number of hydrogen-bond acceptors (Lipinski definition) is 6. The lowest BCUT2D eigenvalue weighted by Crippen LogP contribution is -2.26. The molecule has 2 heterocycles. The Labute approximate surface area is 127 Å². The van der Waals surface area contributed by atoms with Crippen LogP contribution in [-0.4, -0.2) is 33.0 Å². The number of carbonyl (C=O) groups excluding carboxylic acids is 1. The molecule has 8 heteroatoms. The molecule has 2 aromatic rings. The van der Waals surface area contributed by atoms with Crippen molar-refractivity contribution in [2.24, 2.45) is 7.05 Å². The Kier molecular flexibility index (Phi) is 4.79. The maximum atomic E-state index is 12.1. The average molecular weight is 308 g/mol. The fourth-order valence-electron chi connectivity index (χ4n) is 1.81. The van der Waals surface area contributed by atoms with Gasteiger partial charge in [-0.1, -0.05) is 11.3 Å². The standard InChI is InChI=1S/C13H20N6OS/c1-8(2)17-13-18-11(14)10(21-13)12(20)16-5-4-9-15-6-7-19(9)3/h6-8H,4-5,14H2,1-3H3,(H,16,20)(H,17,18). The number of aromatic nitrogens is 3. The fourth-order valence-corrected chi connectivity index (χ4v) is 2.76. The zero-order valence-electron chi connectivity index (χ0n) is 12.4. The van der Waals surface area contributed by atoms with Crippen LogP contribution in [0, 0.1) is 0 Å². The lowest BCUT2D eigenvalue weighted by molar-refractivity contribution is 0.0958. The van der Waals surface area contributed by atoms with Gasteiger partial charge in [-0.25, -0.2) is 9.97 Å². The second-order valence-electron chi connectivity index (χ2n) is 4.99. The molecule has 0 bridgehead atoms. The maximum absolute atomic E-state index is 12.1. The fraction of sp³-hybridized carbons (Fsp3) is 0.462.